The topological polar surface area (TPSA) is 55.1 Å². The quantitative estimate of drug-likeness (QED) is 0.691. The van der Waals surface area contributed by atoms with E-state index < -0.39 is 0 Å². The molecule has 1 amide bonds. The van der Waals surface area contributed by atoms with Crippen LogP contribution >= 0.6 is 0 Å². The highest BCUT2D eigenvalue weighted by Crippen LogP contribution is 2.32. The van der Waals surface area contributed by atoms with Crippen molar-refractivity contribution in [1.82, 2.24) is 5.32 Å². The van der Waals surface area contributed by atoms with Gasteiger partial charge in [0.1, 0.15) is 0 Å². The third kappa shape index (κ3) is 3.77. The fourth-order valence-corrected chi connectivity index (χ4v) is 1.69. The minimum absolute atomic E-state index is 0.0238. The number of hydrogen-bond donors (Lipinski definition) is 2. The number of carbonyl (C=O) groups excluding carboxylic acids is 1. The molecular weight excluding hydrogens is 164 g/mol. The Morgan fingerprint density at radius 2 is 1.77 bits per heavy atom. The Bertz CT molecular complexity index is 185. The van der Waals surface area contributed by atoms with Crippen molar-refractivity contribution in [2.24, 2.45) is 16.6 Å². The molecule has 0 unspecified atom stereocenters. The molecule has 3 heteroatoms. The summed E-state index contributed by atoms with van der Waals surface area (Å²) in [5.41, 5.74) is 5.31. The molecule has 0 bridgehead atoms. The smallest absolute Gasteiger partial charge is 0.225 e. The Balaban J connectivity index is 4.41. The fourth-order valence-electron chi connectivity index (χ4n) is 1.69. The third-order valence-corrected chi connectivity index (χ3v) is 2.31. The monoisotopic (exact) mass is 186 g/mol. The van der Waals surface area contributed by atoms with E-state index in [1.807, 2.05) is 13.8 Å². The summed E-state index contributed by atoms with van der Waals surface area (Å²) in [4.78, 5) is 11.5. The summed E-state index contributed by atoms with van der Waals surface area (Å²) in [6.07, 6.45) is 0.802. The van der Waals surface area contributed by atoms with E-state index in [-0.39, 0.29) is 16.7 Å². The lowest BCUT2D eigenvalue weighted by atomic mass is 9.74. The van der Waals surface area contributed by atoms with Gasteiger partial charge in [-0.25, -0.2) is 0 Å². The Morgan fingerprint density at radius 3 is 2.08 bits per heavy atom. The second-order valence-corrected chi connectivity index (χ2v) is 5.01. The number of carbonyl (C=O) groups is 1. The standard InChI is InChI=1S/C10H22N2O/c1-9(2,7-11)6-10(3,4)8(13)12-5/h6-7,11H2,1-5H3,(H,12,13). The normalized spacial score (nSPS) is 12.8. The molecule has 3 N–H and O–H groups in total. The second kappa shape index (κ2) is 4.09. The first-order chi connectivity index (χ1) is 5.75. The van der Waals surface area contributed by atoms with Crippen LogP contribution in [0.2, 0.25) is 0 Å². The van der Waals surface area contributed by atoms with Gasteiger partial charge < -0.3 is 11.1 Å². The van der Waals surface area contributed by atoms with Gasteiger partial charge in [0.25, 0.3) is 0 Å². The van der Waals surface area contributed by atoms with Gasteiger partial charge in [-0.2, -0.15) is 0 Å². The number of hydrogen-bond acceptors (Lipinski definition) is 2. The van der Waals surface area contributed by atoms with Gasteiger partial charge in [0.2, 0.25) is 5.91 Å². The number of nitrogens with one attached hydrogen (secondary N) is 1. The van der Waals surface area contributed by atoms with Crippen molar-refractivity contribution in [2.75, 3.05) is 13.6 Å². The Kier molecular flexibility index (Phi) is 3.91. The van der Waals surface area contributed by atoms with Crippen LogP contribution in [-0.4, -0.2) is 19.5 Å². The van der Waals surface area contributed by atoms with Crippen molar-refractivity contribution in [3.8, 4) is 0 Å². The van der Waals surface area contributed by atoms with Gasteiger partial charge in [-0.15, -0.1) is 0 Å². The molecule has 0 saturated carbocycles. The van der Waals surface area contributed by atoms with E-state index in [1.165, 1.54) is 0 Å². The lowest BCUT2D eigenvalue weighted by molar-refractivity contribution is -0.130. The van der Waals surface area contributed by atoms with Crippen molar-refractivity contribution in [2.45, 2.75) is 34.1 Å². The SMILES string of the molecule is CNC(=O)C(C)(C)CC(C)(C)CN. The summed E-state index contributed by atoms with van der Waals surface area (Å²) in [5.74, 6) is 0.0778. The fraction of sp³-hybridized carbons (Fsp3) is 0.900. The lowest BCUT2D eigenvalue weighted by Crippen LogP contribution is -2.39. The van der Waals surface area contributed by atoms with E-state index in [9.17, 15) is 4.79 Å². The summed E-state index contributed by atoms with van der Waals surface area (Å²) in [6, 6.07) is 0. The number of nitrogens with two attached hydrogens (primary N) is 1. The van der Waals surface area contributed by atoms with E-state index >= 15 is 0 Å². The summed E-state index contributed by atoms with van der Waals surface area (Å²) in [5, 5.41) is 2.67. The molecule has 0 aromatic heterocycles. The van der Waals surface area contributed by atoms with Crippen molar-refractivity contribution in [3.63, 3.8) is 0 Å². The van der Waals surface area contributed by atoms with Crippen LogP contribution in [0.1, 0.15) is 34.1 Å². The molecule has 0 fully saturated rings. The maximum atomic E-state index is 11.5. The van der Waals surface area contributed by atoms with Crippen LogP contribution in [0.3, 0.4) is 0 Å². The number of rotatable bonds is 4. The van der Waals surface area contributed by atoms with Crippen LogP contribution in [0.4, 0.5) is 0 Å². The predicted octanol–water partition coefficient (Wildman–Crippen LogP) is 1.13. The lowest BCUT2D eigenvalue weighted by Gasteiger charge is -2.32. The molecule has 13 heavy (non-hydrogen) atoms. The van der Waals surface area contributed by atoms with Gasteiger partial charge in [0, 0.05) is 12.5 Å². The maximum absolute atomic E-state index is 11.5. The minimum atomic E-state index is -0.336. The molecule has 0 aromatic carbocycles. The zero-order chi connectivity index (χ0) is 10.7. The second-order valence-electron chi connectivity index (χ2n) is 5.01. The van der Waals surface area contributed by atoms with E-state index in [0.29, 0.717) is 6.54 Å². The van der Waals surface area contributed by atoms with Crippen molar-refractivity contribution in [1.29, 1.82) is 0 Å². The summed E-state index contributed by atoms with van der Waals surface area (Å²) < 4.78 is 0. The molecule has 0 spiro atoms. The van der Waals surface area contributed by atoms with Crippen molar-refractivity contribution in [3.05, 3.63) is 0 Å². The predicted molar refractivity (Wildman–Crippen MR) is 55.3 cm³/mol. The maximum Gasteiger partial charge on any atom is 0.225 e. The van der Waals surface area contributed by atoms with Crippen LogP contribution in [0.5, 0.6) is 0 Å². The Labute approximate surface area is 81.1 Å². The average molecular weight is 186 g/mol. The Hall–Kier alpha value is -0.570. The van der Waals surface area contributed by atoms with E-state index in [2.05, 4.69) is 19.2 Å². The number of amides is 1. The van der Waals surface area contributed by atoms with Gasteiger partial charge >= 0.3 is 0 Å². The minimum Gasteiger partial charge on any atom is -0.359 e. The van der Waals surface area contributed by atoms with E-state index in [0.717, 1.165) is 6.42 Å². The summed E-state index contributed by atoms with van der Waals surface area (Å²) in [7, 11) is 1.67. The van der Waals surface area contributed by atoms with Crippen LogP contribution in [0.25, 0.3) is 0 Å². The molecule has 0 aliphatic carbocycles. The molecule has 0 aliphatic rings. The van der Waals surface area contributed by atoms with Crippen LogP contribution in [0, 0.1) is 10.8 Å². The summed E-state index contributed by atoms with van der Waals surface area (Å²) in [6.45, 7) is 8.66. The highest BCUT2D eigenvalue weighted by Gasteiger charge is 2.33. The molecule has 78 valence electrons. The van der Waals surface area contributed by atoms with Gasteiger partial charge in [-0.05, 0) is 18.4 Å². The highest BCUT2D eigenvalue weighted by atomic mass is 16.2. The molecule has 0 saturated heterocycles. The molecule has 0 radical (unpaired) electrons. The Morgan fingerprint density at radius 1 is 1.31 bits per heavy atom. The molecule has 0 heterocycles. The average Bonchev–Trinajstić information content (AvgIpc) is 2.01. The highest BCUT2D eigenvalue weighted by molar-refractivity contribution is 5.81. The first-order valence-corrected chi connectivity index (χ1v) is 4.67. The van der Waals surface area contributed by atoms with Gasteiger partial charge in [0.05, 0.1) is 0 Å². The first-order valence-electron chi connectivity index (χ1n) is 4.67. The van der Waals surface area contributed by atoms with Crippen LogP contribution < -0.4 is 11.1 Å². The van der Waals surface area contributed by atoms with Crippen LogP contribution in [-0.2, 0) is 4.79 Å². The zero-order valence-electron chi connectivity index (χ0n) is 9.40. The first kappa shape index (κ1) is 12.4. The van der Waals surface area contributed by atoms with Crippen molar-refractivity contribution < 1.29 is 4.79 Å². The van der Waals surface area contributed by atoms with E-state index in [4.69, 9.17) is 5.73 Å². The van der Waals surface area contributed by atoms with Gasteiger partial charge in [-0.1, -0.05) is 27.7 Å². The van der Waals surface area contributed by atoms with Crippen LogP contribution in [0.15, 0.2) is 0 Å². The molecule has 3 nitrogen and oxygen atoms in total. The molecule has 0 aromatic rings. The molecule has 0 aliphatic heterocycles. The van der Waals surface area contributed by atoms with E-state index in [1.54, 1.807) is 7.05 Å². The molecule has 0 atom stereocenters. The van der Waals surface area contributed by atoms with Gasteiger partial charge in [-0.3, -0.25) is 4.79 Å². The van der Waals surface area contributed by atoms with Gasteiger partial charge in [0.15, 0.2) is 0 Å². The summed E-state index contributed by atoms with van der Waals surface area (Å²) >= 11 is 0. The largest absolute Gasteiger partial charge is 0.359 e. The zero-order valence-corrected chi connectivity index (χ0v) is 9.40. The molecule has 0 rings (SSSR count). The third-order valence-electron chi connectivity index (χ3n) is 2.31. The molecular formula is C10H22N2O. The van der Waals surface area contributed by atoms with Crippen molar-refractivity contribution >= 4 is 5.91 Å².